The summed E-state index contributed by atoms with van der Waals surface area (Å²) in [5.41, 5.74) is 2.21. The van der Waals surface area contributed by atoms with E-state index in [0.717, 1.165) is 18.7 Å². The molecule has 0 spiro atoms. The third-order valence-corrected chi connectivity index (χ3v) is 2.60. The predicted molar refractivity (Wildman–Crippen MR) is 57.2 cm³/mol. The van der Waals surface area contributed by atoms with Crippen LogP contribution in [-0.4, -0.2) is 15.7 Å². The molecule has 1 aromatic rings. The molecule has 2 heterocycles. The molecule has 0 bridgehead atoms. The molecule has 0 aliphatic carbocycles. The Morgan fingerprint density at radius 3 is 3.27 bits per heavy atom. The molecule has 1 aliphatic heterocycles. The first-order valence-corrected chi connectivity index (χ1v) is 5.25. The number of nitrogens with zero attached hydrogens (tertiary/aromatic N) is 2. The second-order valence-electron chi connectivity index (χ2n) is 3.73. The molecule has 0 radical (unpaired) electrons. The Hall–Kier alpha value is -1.58. The number of aryl methyl sites for hydroxylation is 2. The largest absolute Gasteiger partial charge is 0.347 e. The predicted octanol–water partition coefficient (Wildman–Crippen LogP) is 1.02. The number of rotatable bonds is 3. The van der Waals surface area contributed by atoms with Gasteiger partial charge in [0.2, 0.25) is 5.91 Å². The van der Waals surface area contributed by atoms with Crippen molar-refractivity contribution < 1.29 is 4.79 Å². The van der Waals surface area contributed by atoms with E-state index < -0.39 is 0 Å². The Balaban J connectivity index is 2.00. The van der Waals surface area contributed by atoms with Gasteiger partial charge in [-0.15, -0.1) is 0 Å². The van der Waals surface area contributed by atoms with Crippen LogP contribution in [0.15, 0.2) is 18.7 Å². The molecule has 2 rings (SSSR count). The van der Waals surface area contributed by atoms with Crippen LogP contribution in [0.1, 0.15) is 24.2 Å². The van der Waals surface area contributed by atoms with E-state index in [1.807, 2.05) is 4.68 Å². The van der Waals surface area contributed by atoms with E-state index in [2.05, 4.69) is 23.1 Å². The Morgan fingerprint density at radius 1 is 1.67 bits per heavy atom. The van der Waals surface area contributed by atoms with Crippen LogP contribution in [0.3, 0.4) is 0 Å². The number of carbonyl (C=O) groups excluding carboxylic acids is 1. The van der Waals surface area contributed by atoms with E-state index in [1.54, 1.807) is 0 Å². The summed E-state index contributed by atoms with van der Waals surface area (Å²) in [4.78, 5) is 11.0. The van der Waals surface area contributed by atoms with Gasteiger partial charge in [-0.25, -0.2) is 0 Å². The van der Waals surface area contributed by atoms with Crippen molar-refractivity contribution in [2.75, 3.05) is 0 Å². The quantitative estimate of drug-likeness (QED) is 0.749. The maximum atomic E-state index is 11.0. The fourth-order valence-corrected chi connectivity index (χ4v) is 1.81. The van der Waals surface area contributed by atoms with Crippen LogP contribution >= 0.6 is 0 Å². The molecule has 1 amide bonds. The van der Waals surface area contributed by atoms with Crippen molar-refractivity contribution in [2.45, 2.75) is 32.4 Å². The van der Waals surface area contributed by atoms with Crippen molar-refractivity contribution in [3.05, 3.63) is 30.1 Å². The summed E-state index contributed by atoms with van der Waals surface area (Å²) in [6.45, 7) is 4.90. The number of nitrogens with one attached hydrogen (secondary N) is 1. The van der Waals surface area contributed by atoms with Gasteiger partial charge in [0.05, 0.1) is 12.2 Å². The Kier molecular flexibility index (Phi) is 2.85. The first-order chi connectivity index (χ1) is 7.29. The zero-order chi connectivity index (χ0) is 10.7. The summed E-state index contributed by atoms with van der Waals surface area (Å²) in [5, 5.41) is 7.15. The maximum Gasteiger partial charge on any atom is 0.243 e. The van der Waals surface area contributed by atoms with Crippen LogP contribution in [0.2, 0.25) is 0 Å². The van der Waals surface area contributed by atoms with E-state index in [0.29, 0.717) is 6.54 Å². The molecule has 1 N–H and O–H groups in total. The van der Waals surface area contributed by atoms with Crippen molar-refractivity contribution in [2.24, 2.45) is 0 Å². The summed E-state index contributed by atoms with van der Waals surface area (Å²) in [6, 6.07) is 2.07. The van der Waals surface area contributed by atoms with E-state index in [4.69, 9.17) is 0 Å². The lowest BCUT2D eigenvalue weighted by molar-refractivity contribution is -0.116. The van der Waals surface area contributed by atoms with Gasteiger partial charge in [0.15, 0.2) is 0 Å². The molecule has 0 aromatic carbocycles. The topological polar surface area (TPSA) is 46.9 Å². The first kappa shape index (κ1) is 9.96. The van der Waals surface area contributed by atoms with Gasteiger partial charge in [0, 0.05) is 12.2 Å². The monoisotopic (exact) mass is 205 g/mol. The van der Waals surface area contributed by atoms with Crippen molar-refractivity contribution in [1.29, 1.82) is 0 Å². The number of amides is 1. The normalized spacial score (nSPS) is 14.4. The van der Waals surface area contributed by atoms with Gasteiger partial charge in [-0.2, -0.15) is 5.10 Å². The Labute approximate surface area is 89.0 Å². The van der Waals surface area contributed by atoms with Gasteiger partial charge < -0.3 is 5.32 Å². The van der Waals surface area contributed by atoms with Gasteiger partial charge in [-0.1, -0.05) is 6.58 Å². The van der Waals surface area contributed by atoms with Gasteiger partial charge in [-0.3, -0.25) is 9.48 Å². The molecule has 80 valence electrons. The number of fused-ring (bicyclic) bond motifs is 1. The van der Waals surface area contributed by atoms with Crippen LogP contribution in [-0.2, 0) is 24.3 Å². The van der Waals surface area contributed by atoms with Crippen LogP contribution in [0, 0.1) is 0 Å². The fraction of sp³-hybridized carbons (Fsp3) is 0.455. The van der Waals surface area contributed by atoms with Crippen LogP contribution < -0.4 is 5.32 Å². The lowest BCUT2D eigenvalue weighted by Crippen LogP contribution is -2.20. The average molecular weight is 205 g/mol. The van der Waals surface area contributed by atoms with Crippen molar-refractivity contribution in [3.8, 4) is 0 Å². The molecule has 0 atom stereocenters. The lowest BCUT2D eigenvalue weighted by atomic mass is 10.1. The second kappa shape index (κ2) is 4.29. The minimum absolute atomic E-state index is 0.152. The summed E-state index contributed by atoms with van der Waals surface area (Å²) in [6.07, 6.45) is 4.82. The molecule has 4 nitrogen and oxygen atoms in total. The first-order valence-electron chi connectivity index (χ1n) is 5.25. The van der Waals surface area contributed by atoms with E-state index in [1.165, 1.54) is 24.6 Å². The summed E-state index contributed by atoms with van der Waals surface area (Å²) < 4.78 is 2.04. The summed E-state index contributed by atoms with van der Waals surface area (Å²) in [5.74, 6) is -0.152. The molecular formula is C11H15N3O. The lowest BCUT2D eigenvalue weighted by Gasteiger charge is -2.11. The van der Waals surface area contributed by atoms with E-state index >= 15 is 0 Å². The minimum Gasteiger partial charge on any atom is -0.347 e. The van der Waals surface area contributed by atoms with Gasteiger partial charge in [-0.05, 0) is 31.4 Å². The van der Waals surface area contributed by atoms with E-state index in [9.17, 15) is 4.79 Å². The van der Waals surface area contributed by atoms with Gasteiger partial charge in [0.25, 0.3) is 0 Å². The molecule has 0 saturated heterocycles. The van der Waals surface area contributed by atoms with E-state index in [-0.39, 0.29) is 5.91 Å². The van der Waals surface area contributed by atoms with Crippen molar-refractivity contribution >= 4 is 5.91 Å². The second-order valence-corrected chi connectivity index (χ2v) is 3.73. The highest BCUT2D eigenvalue weighted by Crippen LogP contribution is 2.14. The van der Waals surface area contributed by atoms with Crippen LogP contribution in [0.4, 0.5) is 0 Å². The molecule has 0 unspecified atom stereocenters. The number of hydrogen-bond acceptors (Lipinski definition) is 2. The standard InChI is InChI=1S/C11H15N3O/c1-2-11(15)12-8-9-7-10-5-3-4-6-14(10)13-9/h2,7H,1,3-6,8H2,(H,12,15). The molecule has 1 aromatic heterocycles. The maximum absolute atomic E-state index is 11.0. The highest BCUT2D eigenvalue weighted by Gasteiger charge is 2.11. The third-order valence-electron chi connectivity index (χ3n) is 2.60. The zero-order valence-corrected chi connectivity index (χ0v) is 8.70. The highest BCUT2D eigenvalue weighted by atomic mass is 16.1. The molecule has 15 heavy (non-hydrogen) atoms. The van der Waals surface area contributed by atoms with Crippen molar-refractivity contribution in [1.82, 2.24) is 15.1 Å². The Morgan fingerprint density at radius 2 is 2.53 bits per heavy atom. The zero-order valence-electron chi connectivity index (χ0n) is 8.70. The van der Waals surface area contributed by atoms with Crippen LogP contribution in [0.5, 0.6) is 0 Å². The molecule has 4 heteroatoms. The number of aromatic nitrogens is 2. The molecular weight excluding hydrogens is 190 g/mol. The summed E-state index contributed by atoms with van der Waals surface area (Å²) >= 11 is 0. The van der Waals surface area contributed by atoms with Gasteiger partial charge in [0.1, 0.15) is 0 Å². The number of hydrogen-bond donors (Lipinski definition) is 1. The molecule has 1 aliphatic rings. The smallest absolute Gasteiger partial charge is 0.243 e. The minimum atomic E-state index is -0.152. The fourth-order valence-electron chi connectivity index (χ4n) is 1.81. The Bertz CT molecular complexity index is 358. The summed E-state index contributed by atoms with van der Waals surface area (Å²) in [7, 11) is 0. The third kappa shape index (κ3) is 2.26. The number of carbonyl (C=O) groups is 1. The average Bonchev–Trinajstić information content (AvgIpc) is 2.68. The molecule has 0 saturated carbocycles. The van der Waals surface area contributed by atoms with Gasteiger partial charge >= 0.3 is 0 Å². The molecule has 0 fully saturated rings. The van der Waals surface area contributed by atoms with Crippen molar-refractivity contribution in [3.63, 3.8) is 0 Å². The highest BCUT2D eigenvalue weighted by molar-refractivity contribution is 5.86. The SMILES string of the molecule is C=CC(=O)NCc1cc2n(n1)CCCC2. The van der Waals surface area contributed by atoms with Crippen LogP contribution in [0.25, 0.3) is 0 Å².